The summed E-state index contributed by atoms with van der Waals surface area (Å²) in [4.78, 5) is 10.4. The molecule has 96 valence electrons. The molecule has 2 atom stereocenters. The van der Waals surface area contributed by atoms with Crippen LogP contribution in [0.2, 0.25) is 5.15 Å². The summed E-state index contributed by atoms with van der Waals surface area (Å²) in [6, 6.07) is 1.81. The monoisotopic (exact) mass is 267 g/mol. The number of aromatic nitrogens is 4. The van der Waals surface area contributed by atoms with Crippen molar-refractivity contribution in [2.75, 3.05) is 18.0 Å². The van der Waals surface area contributed by atoms with E-state index >= 15 is 0 Å². The lowest BCUT2D eigenvalue weighted by atomic mass is 10.2. The second-order valence-electron chi connectivity index (χ2n) is 4.57. The van der Waals surface area contributed by atoms with Gasteiger partial charge in [-0.1, -0.05) is 11.6 Å². The summed E-state index contributed by atoms with van der Waals surface area (Å²) in [7, 11) is 0. The predicted molar refractivity (Wildman–Crippen MR) is 68.0 cm³/mol. The van der Waals surface area contributed by atoms with Crippen LogP contribution < -0.4 is 4.90 Å². The molecule has 2 aromatic heterocycles. The van der Waals surface area contributed by atoms with E-state index in [-0.39, 0.29) is 12.2 Å². The first-order chi connectivity index (χ1) is 8.63. The third-order valence-electron chi connectivity index (χ3n) is 2.95. The molecule has 3 rings (SSSR count). The van der Waals surface area contributed by atoms with E-state index in [0.29, 0.717) is 10.9 Å². The van der Waals surface area contributed by atoms with Crippen LogP contribution in [0.3, 0.4) is 0 Å². The number of fused-ring (bicyclic) bond motifs is 1. The topological polar surface area (TPSA) is 55.6 Å². The van der Waals surface area contributed by atoms with Crippen LogP contribution in [0.1, 0.15) is 13.8 Å². The van der Waals surface area contributed by atoms with Crippen molar-refractivity contribution in [2.24, 2.45) is 0 Å². The Kier molecular flexibility index (Phi) is 2.83. The average Bonchev–Trinajstić information content (AvgIpc) is 2.74. The Morgan fingerprint density at radius 2 is 2.06 bits per heavy atom. The number of morpholine rings is 1. The number of anilines is 1. The highest BCUT2D eigenvalue weighted by molar-refractivity contribution is 6.29. The highest BCUT2D eigenvalue weighted by Crippen LogP contribution is 2.22. The normalized spacial score (nSPS) is 24.7. The highest BCUT2D eigenvalue weighted by Gasteiger charge is 2.24. The Morgan fingerprint density at radius 1 is 1.33 bits per heavy atom. The summed E-state index contributed by atoms with van der Waals surface area (Å²) < 4.78 is 7.43. The molecule has 0 spiro atoms. The molecule has 2 aromatic rings. The molecule has 0 saturated carbocycles. The molecule has 2 unspecified atom stereocenters. The van der Waals surface area contributed by atoms with Crippen LogP contribution in [0.5, 0.6) is 0 Å². The van der Waals surface area contributed by atoms with Crippen LogP contribution in [0, 0.1) is 0 Å². The summed E-state index contributed by atoms with van der Waals surface area (Å²) in [6.45, 7) is 5.73. The Labute approximate surface area is 110 Å². The van der Waals surface area contributed by atoms with Gasteiger partial charge in [0.2, 0.25) is 0 Å². The van der Waals surface area contributed by atoms with E-state index in [0.717, 1.165) is 18.9 Å². The van der Waals surface area contributed by atoms with Gasteiger partial charge in [-0.15, -0.1) is 0 Å². The molecule has 0 aliphatic carbocycles. The van der Waals surface area contributed by atoms with Gasteiger partial charge >= 0.3 is 0 Å². The maximum atomic E-state index is 6.02. The minimum atomic E-state index is 0.180. The number of hydrogen-bond donors (Lipinski definition) is 0. The van der Waals surface area contributed by atoms with E-state index in [1.54, 1.807) is 4.52 Å². The van der Waals surface area contributed by atoms with Gasteiger partial charge < -0.3 is 9.64 Å². The fraction of sp³-hybridized carbons (Fsp3) is 0.545. The number of ether oxygens (including phenoxy) is 1. The first-order valence-electron chi connectivity index (χ1n) is 5.90. The Balaban J connectivity index is 2.05. The second kappa shape index (κ2) is 4.37. The smallest absolute Gasteiger partial charge is 0.255 e. The molecule has 0 amide bonds. The molecule has 0 N–H and O–H groups in total. The van der Waals surface area contributed by atoms with Crippen LogP contribution in [0.4, 0.5) is 5.82 Å². The van der Waals surface area contributed by atoms with Gasteiger partial charge in [-0.3, -0.25) is 0 Å². The van der Waals surface area contributed by atoms with Crippen molar-refractivity contribution in [3.63, 3.8) is 0 Å². The SMILES string of the molecule is CC1CN(c2cc(Cl)nc3ncnn23)CC(C)O1. The molecule has 1 aliphatic rings. The maximum Gasteiger partial charge on any atom is 0.255 e. The molecular formula is C11H14ClN5O. The van der Waals surface area contributed by atoms with Crippen LogP contribution in [-0.4, -0.2) is 44.9 Å². The van der Waals surface area contributed by atoms with Gasteiger partial charge in [0, 0.05) is 19.2 Å². The van der Waals surface area contributed by atoms with Gasteiger partial charge in [0.05, 0.1) is 12.2 Å². The number of nitrogens with zero attached hydrogens (tertiary/aromatic N) is 5. The van der Waals surface area contributed by atoms with Gasteiger partial charge in [0.15, 0.2) is 0 Å². The molecule has 6 nitrogen and oxygen atoms in total. The molecule has 0 radical (unpaired) electrons. The van der Waals surface area contributed by atoms with Gasteiger partial charge in [-0.05, 0) is 13.8 Å². The third-order valence-corrected chi connectivity index (χ3v) is 3.14. The zero-order valence-electron chi connectivity index (χ0n) is 10.2. The van der Waals surface area contributed by atoms with Crippen LogP contribution >= 0.6 is 11.6 Å². The zero-order chi connectivity index (χ0) is 12.7. The van der Waals surface area contributed by atoms with E-state index in [1.165, 1.54) is 6.33 Å². The summed E-state index contributed by atoms with van der Waals surface area (Å²) >= 11 is 6.02. The molecule has 1 aliphatic heterocycles. The quantitative estimate of drug-likeness (QED) is 0.731. The van der Waals surface area contributed by atoms with Crippen molar-refractivity contribution < 1.29 is 4.74 Å². The average molecular weight is 268 g/mol. The lowest BCUT2D eigenvalue weighted by Gasteiger charge is -2.36. The van der Waals surface area contributed by atoms with Crippen molar-refractivity contribution in [3.8, 4) is 0 Å². The molecule has 0 bridgehead atoms. The minimum Gasteiger partial charge on any atom is -0.372 e. The van der Waals surface area contributed by atoms with Crippen LogP contribution in [-0.2, 0) is 4.74 Å². The molecule has 1 saturated heterocycles. The number of hydrogen-bond acceptors (Lipinski definition) is 5. The zero-order valence-corrected chi connectivity index (χ0v) is 11.0. The molecule has 18 heavy (non-hydrogen) atoms. The molecule has 1 fully saturated rings. The molecule has 0 aromatic carbocycles. The van der Waals surface area contributed by atoms with Crippen molar-refractivity contribution in [1.29, 1.82) is 0 Å². The minimum absolute atomic E-state index is 0.180. The summed E-state index contributed by atoms with van der Waals surface area (Å²) in [5.41, 5.74) is 0. The molecule has 7 heteroatoms. The van der Waals surface area contributed by atoms with Gasteiger partial charge in [0.1, 0.15) is 17.3 Å². The first kappa shape index (κ1) is 11.7. The number of halogens is 1. The Bertz CT molecular complexity index is 562. The Hall–Kier alpha value is -1.40. The lowest BCUT2D eigenvalue weighted by molar-refractivity contribution is -0.00557. The molecule has 3 heterocycles. The summed E-state index contributed by atoms with van der Waals surface area (Å²) in [5, 5.41) is 4.62. The summed E-state index contributed by atoms with van der Waals surface area (Å²) in [6.07, 6.45) is 1.84. The standard InChI is InChI=1S/C11H14ClN5O/c1-7-4-16(5-8(2)18-7)10-3-9(12)15-11-13-6-14-17(10)11/h3,6-8H,4-5H2,1-2H3. The van der Waals surface area contributed by atoms with Gasteiger partial charge in [-0.2, -0.15) is 19.6 Å². The van der Waals surface area contributed by atoms with Crippen molar-refractivity contribution >= 4 is 23.2 Å². The van der Waals surface area contributed by atoms with E-state index < -0.39 is 0 Å². The Morgan fingerprint density at radius 3 is 2.78 bits per heavy atom. The van der Waals surface area contributed by atoms with Crippen LogP contribution in [0.25, 0.3) is 5.78 Å². The van der Waals surface area contributed by atoms with E-state index in [1.807, 2.05) is 6.07 Å². The second-order valence-corrected chi connectivity index (χ2v) is 4.96. The van der Waals surface area contributed by atoms with Crippen molar-refractivity contribution in [3.05, 3.63) is 17.5 Å². The first-order valence-corrected chi connectivity index (χ1v) is 6.28. The van der Waals surface area contributed by atoms with Gasteiger partial charge in [-0.25, -0.2) is 0 Å². The summed E-state index contributed by atoms with van der Waals surface area (Å²) in [5.74, 6) is 1.42. The van der Waals surface area contributed by atoms with Crippen molar-refractivity contribution in [1.82, 2.24) is 19.6 Å². The van der Waals surface area contributed by atoms with Crippen molar-refractivity contribution in [2.45, 2.75) is 26.1 Å². The number of rotatable bonds is 1. The fourth-order valence-electron chi connectivity index (χ4n) is 2.36. The largest absolute Gasteiger partial charge is 0.372 e. The fourth-order valence-corrected chi connectivity index (χ4v) is 2.53. The highest BCUT2D eigenvalue weighted by atomic mass is 35.5. The maximum absolute atomic E-state index is 6.02. The lowest BCUT2D eigenvalue weighted by Crippen LogP contribution is -2.46. The van der Waals surface area contributed by atoms with E-state index in [2.05, 4.69) is 33.8 Å². The van der Waals surface area contributed by atoms with E-state index in [4.69, 9.17) is 16.3 Å². The molecular weight excluding hydrogens is 254 g/mol. The van der Waals surface area contributed by atoms with E-state index in [9.17, 15) is 0 Å². The van der Waals surface area contributed by atoms with Crippen LogP contribution in [0.15, 0.2) is 12.4 Å². The predicted octanol–water partition coefficient (Wildman–Crippen LogP) is 1.39. The third kappa shape index (κ3) is 2.02. The van der Waals surface area contributed by atoms with Gasteiger partial charge in [0.25, 0.3) is 5.78 Å².